The van der Waals surface area contributed by atoms with Gasteiger partial charge in [-0.15, -0.1) is 0 Å². The molecule has 2 bridgehead atoms. The van der Waals surface area contributed by atoms with Gasteiger partial charge in [0.15, 0.2) is 5.69 Å². The van der Waals surface area contributed by atoms with Crippen molar-refractivity contribution in [3.05, 3.63) is 50.5 Å². The minimum absolute atomic E-state index is 0.0424. The van der Waals surface area contributed by atoms with Crippen molar-refractivity contribution in [2.45, 2.75) is 57.7 Å². The molecule has 0 saturated carbocycles. The molecule has 136 valence electrons. The number of hydrogen-bond acceptors (Lipinski definition) is 6. The summed E-state index contributed by atoms with van der Waals surface area (Å²) < 4.78 is 7.00. The molecule has 0 amide bonds. The first-order valence-corrected chi connectivity index (χ1v) is 8.60. The van der Waals surface area contributed by atoms with Crippen LogP contribution in [0.25, 0.3) is 11.4 Å². The monoisotopic (exact) mass is 356 g/mol. The van der Waals surface area contributed by atoms with Gasteiger partial charge in [-0.25, -0.2) is 4.73 Å². The average molecular weight is 356 g/mol. The summed E-state index contributed by atoms with van der Waals surface area (Å²) in [6, 6.07) is 4.66. The molecule has 3 aliphatic rings. The Balaban J connectivity index is 1.92. The number of aromatic nitrogens is 3. The van der Waals surface area contributed by atoms with E-state index < -0.39 is 16.1 Å². The predicted octanol–water partition coefficient (Wildman–Crippen LogP) is 2.90. The maximum absolute atomic E-state index is 13.2. The highest BCUT2D eigenvalue weighted by Gasteiger charge is 2.56. The van der Waals surface area contributed by atoms with E-state index in [-0.39, 0.29) is 17.4 Å². The quantitative estimate of drug-likeness (QED) is 0.354. The molecule has 1 saturated heterocycles. The van der Waals surface area contributed by atoms with Crippen molar-refractivity contribution < 1.29 is 14.4 Å². The first-order chi connectivity index (χ1) is 12.1. The van der Waals surface area contributed by atoms with Crippen LogP contribution in [0.5, 0.6) is 0 Å². The molecule has 8 heteroatoms. The zero-order valence-corrected chi connectivity index (χ0v) is 15.1. The lowest BCUT2D eigenvalue weighted by Crippen LogP contribution is -2.58. The van der Waals surface area contributed by atoms with Crippen molar-refractivity contribution in [2.24, 2.45) is 0 Å². The Morgan fingerprint density at radius 3 is 2.69 bits per heavy atom. The lowest BCUT2D eigenvalue weighted by Gasteiger charge is -2.52. The van der Waals surface area contributed by atoms with Crippen molar-refractivity contribution in [2.75, 3.05) is 0 Å². The number of benzene rings is 1. The Hall–Kier alpha value is -2.61. The van der Waals surface area contributed by atoms with Crippen LogP contribution in [0, 0.1) is 22.2 Å². The van der Waals surface area contributed by atoms with E-state index in [2.05, 4.69) is 10.2 Å². The Labute approximate surface area is 150 Å². The van der Waals surface area contributed by atoms with Gasteiger partial charge < -0.3 is 9.94 Å². The summed E-state index contributed by atoms with van der Waals surface area (Å²) >= 11 is 0. The van der Waals surface area contributed by atoms with Crippen molar-refractivity contribution in [1.29, 1.82) is 0 Å². The summed E-state index contributed by atoms with van der Waals surface area (Å²) in [5, 5.41) is 32.8. The van der Waals surface area contributed by atoms with E-state index in [9.17, 15) is 15.3 Å². The van der Waals surface area contributed by atoms with Gasteiger partial charge in [0, 0.05) is 11.6 Å². The van der Waals surface area contributed by atoms with Crippen LogP contribution in [0.4, 0.5) is 5.69 Å². The molecule has 1 aliphatic carbocycles. The Morgan fingerprint density at radius 2 is 2.04 bits per heavy atom. The maximum atomic E-state index is 13.2. The molecular weight excluding hydrogens is 336 g/mol. The van der Waals surface area contributed by atoms with Gasteiger partial charge in [-0.05, 0) is 51.7 Å². The smallest absolute Gasteiger partial charge is 0.361 e. The van der Waals surface area contributed by atoms with Crippen molar-refractivity contribution in [3.8, 4) is 11.4 Å². The second kappa shape index (κ2) is 5.20. The Kier molecular flexibility index (Phi) is 3.37. The van der Waals surface area contributed by atoms with Gasteiger partial charge in [-0.3, -0.25) is 10.1 Å². The van der Waals surface area contributed by atoms with Crippen molar-refractivity contribution in [3.63, 3.8) is 0 Å². The minimum Gasteiger partial charge on any atom is -0.710 e. The number of fused-ring (bicyclic) bond motifs is 2. The van der Waals surface area contributed by atoms with Crippen LogP contribution in [0.15, 0.2) is 18.2 Å². The Bertz CT molecular complexity index is 943. The fourth-order valence-corrected chi connectivity index (χ4v) is 4.31. The molecule has 5 rings (SSSR count). The third-order valence-corrected chi connectivity index (χ3v) is 5.63. The fourth-order valence-electron chi connectivity index (χ4n) is 4.31. The minimum atomic E-state index is -0.634. The van der Waals surface area contributed by atoms with Crippen molar-refractivity contribution in [1.82, 2.24) is 10.2 Å². The van der Waals surface area contributed by atoms with Crippen LogP contribution in [-0.2, 0) is 10.3 Å². The van der Waals surface area contributed by atoms with Gasteiger partial charge >= 0.3 is 5.82 Å². The molecule has 2 aliphatic heterocycles. The number of nitro benzene ring substituents is 1. The SMILES string of the molecule is Cc1ccc(-c2nnc3c([n+]2[O-])C2CCC3(C)OC2(C)C)cc1[N+](=O)[O-]. The first-order valence-electron chi connectivity index (χ1n) is 8.60. The van der Waals surface area contributed by atoms with E-state index in [1.54, 1.807) is 19.1 Å². The predicted molar refractivity (Wildman–Crippen MR) is 92.3 cm³/mol. The molecule has 1 fully saturated rings. The van der Waals surface area contributed by atoms with Gasteiger partial charge in [-0.2, -0.15) is 0 Å². The number of nitrogens with zero attached hydrogens (tertiary/aromatic N) is 4. The summed E-state index contributed by atoms with van der Waals surface area (Å²) in [7, 11) is 0. The highest BCUT2D eigenvalue weighted by atomic mass is 16.6. The zero-order valence-electron chi connectivity index (χ0n) is 15.1. The first kappa shape index (κ1) is 16.8. The number of ether oxygens (including phenoxy) is 1. The summed E-state index contributed by atoms with van der Waals surface area (Å²) in [6.45, 7) is 7.56. The summed E-state index contributed by atoms with van der Waals surface area (Å²) in [6.07, 6.45) is 1.62. The molecule has 26 heavy (non-hydrogen) atoms. The van der Waals surface area contributed by atoms with Gasteiger partial charge in [0.2, 0.25) is 0 Å². The molecule has 0 N–H and O–H groups in total. The highest BCUT2D eigenvalue weighted by molar-refractivity contribution is 5.59. The van der Waals surface area contributed by atoms with E-state index in [1.165, 1.54) is 6.07 Å². The molecule has 0 spiro atoms. The standard InChI is InChI=1S/C18H20N4O4/c1-10-5-6-11(9-13(10)22(24)25)16-20-19-15-14(21(16)23)12-7-8-18(15,4)26-17(12,2)3/h5-6,9,12H,7-8H2,1-4H3. The second-order valence-corrected chi connectivity index (χ2v) is 7.84. The molecule has 2 atom stereocenters. The average Bonchev–Trinajstić information content (AvgIpc) is 2.55. The molecule has 1 aromatic heterocycles. The number of nitro groups is 1. The van der Waals surface area contributed by atoms with Gasteiger partial charge in [0.05, 0.1) is 27.1 Å². The lowest BCUT2D eigenvalue weighted by molar-refractivity contribution is -0.613. The molecule has 2 unspecified atom stereocenters. The number of aryl methyl sites for hydroxylation is 1. The Morgan fingerprint density at radius 1 is 1.31 bits per heavy atom. The van der Waals surface area contributed by atoms with Crippen LogP contribution in [0.1, 0.15) is 56.5 Å². The zero-order chi connectivity index (χ0) is 18.9. The van der Waals surface area contributed by atoms with E-state index in [0.717, 1.165) is 17.6 Å². The molecule has 1 aromatic carbocycles. The van der Waals surface area contributed by atoms with E-state index >= 15 is 0 Å². The molecule has 2 aromatic rings. The van der Waals surface area contributed by atoms with Gasteiger partial charge in [0.1, 0.15) is 11.3 Å². The fraction of sp³-hybridized carbons (Fsp3) is 0.500. The third-order valence-electron chi connectivity index (χ3n) is 5.63. The van der Waals surface area contributed by atoms with Crippen LogP contribution < -0.4 is 4.73 Å². The van der Waals surface area contributed by atoms with Crippen LogP contribution in [0.3, 0.4) is 0 Å². The van der Waals surface area contributed by atoms with E-state index in [1.807, 2.05) is 20.8 Å². The normalized spacial score (nSPS) is 25.8. The van der Waals surface area contributed by atoms with Gasteiger partial charge in [-0.1, -0.05) is 6.07 Å². The number of rotatable bonds is 2. The summed E-state index contributed by atoms with van der Waals surface area (Å²) in [5.41, 5.74) is 0.910. The maximum Gasteiger partial charge on any atom is 0.361 e. The topological polar surface area (TPSA) is 105 Å². The van der Waals surface area contributed by atoms with Crippen LogP contribution >= 0.6 is 0 Å². The van der Waals surface area contributed by atoms with Crippen LogP contribution in [-0.4, -0.2) is 20.7 Å². The van der Waals surface area contributed by atoms with Crippen LogP contribution in [0.2, 0.25) is 0 Å². The second-order valence-electron chi connectivity index (χ2n) is 7.84. The third kappa shape index (κ3) is 2.21. The van der Waals surface area contributed by atoms with E-state index in [4.69, 9.17) is 4.74 Å². The summed E-state index contributed by atoms with van der Waals surface area (Å²) in [5.74, 6) is -0.00897. The molecule has 3 heterocycles. The largest absolute Gasteiger partial charge is 0.710 e. The molecule has 0 radical (unpaired) electrons. The van der Waals surface area contributed by atoms with E-state index in [0.29, 0.717) is 22.5 Å². The summed E-state index contributed by atoms with van der Waals surface area (Å²) in [4.78, 5) is 10.8. The van der Waals surface area contributed by atoms with Gasteiger partial charge in [0.25, 0.3) is 5.69 Å². The van der Waals surface area contributed by atoms with Crippen molar-refractivity contribution >= 4 is 5.69 Å². The number of hydrogen-bond donors (Lipinski definition) is 0. The highest BCUT2D eigenvalue weighted by Crippen LogP contribution is 2.54. The molecule has 8 nitrogen and oxygen atoms in total. The lowest BCUT2D eigenvalue weighted by atomic mass is 9.69. The molecular formula is C18H20N4O4.